The fourth-order valence-electron chi connectivity index (χ4n) is 3.36. The van der Waals surface area contributed by atoms with Crippen molar-refractivity contribution in [3.8, 4) is 5.69 Å². The number of carboxylic acid groups (broad SMARTS) is 1. The minimum absolute atomic E-state index is 0.114. The van der Waals surface area contributed by atoms with E-state index < -0.39 is 12.0 Å². The maximum Gasteiger partial charge on any atom is 0.305 e. The van der Waals surface area contributed by atoms with Gasteiger partial charge in [-0.15, -0.1) is 5.10 Å². The molecular formula is C18H22N4O4. The van der Waals surface area contributed by atoms with E-state index in [9.17, 15) is 9.59 Å². The monoisotopic (exact) mass is 358 g/mol. The van der Waals surface area contributed by atoms with Crippen LogP contribution in [0.2, 0.25) is 0 Å². The second kappa shape index (κ2) is 7.25. The number of rotatable bonds is 5. The van der Waals surface area contributed by atoms with Crippen LogP contribution >= 0.6 is 0 Å². The van der Waals surface area contributed by atoms with Crippen molar-refractivity contribution in [2.45, 2.75) is 38.8 Å². The number of carbonyl (C=O) groups is 2. The van der Waals surface area contributed by atoms with E-state index in [4.69, 9.17) is 9.84 Å². The molecule has 1 N–H and O–H groups in total. The highest BCUT2D eigenvalue weighted by Gasteiger charge is 2.38. The second-order valence-corrected chi connectivity index (χ2v) is 6.58. The summed E-state index contributed by atoms with van der Waals surface area (Å²) in [7, 11) is 1.57. The van der Waals surface area contributed by atoms with Crippen molar-refractivity contribution in [1.29, 1.82) is 0 Å². The van der Waals surface area contributed by atoms with Crippen molar-refractivity contribution in [1.82, 2.24) is 19.9 Å². The molecule has 138 valence electrons. The molecule has 2 aromatic rings. The number of hydrogen-bond donors (Lipinski definition) is 1. The van der Waals surface area contributed by atoms with Gasteiger partial charge in [-0.05, 0) is 38.0 Å². The van der Waals surface area contributed by atoms with Crippen LogP contribution in [0, 0.1) is 13.8 Å². The lowest BCUT2D eigenvalue weighted by atomic mass is 10.1. The first-order chi connectivity index (χ1) is 12.4. The van der Waals surface area contributed by atoms with Gasteiger partial charge in [-0.3, -0.25) is 9.59 Å². The molecule has 8 nitrogen and oxygen atoms in total. The molecule has 1 saturated heterocycles. The molecule has 1 fully saturated rings. The van der Waals surface area contributed by atoms with Crippen LogP contribution in [0.3, 0.4) is 0 Å². The zero-order chi connectivity index (χ0) is 18.8. The molecular weight excluding hydrogens is 336 g/mol. The number of ether oxygens (including phenoxy) is 1. The lowest BCUT2D eigenvalue weighted by molar-refractivity contribution is -0.138. The number of benzene rings is 1. The Hall–Kier alpha value is -2.74. The molecule has 3 rings (SSSR count). The Kier molecular flexibility index (Phi) is 5.03. The molecule has 26 heavy (non-hydrogen) atoms. The van der Waals surface area contributed by atoms with Crippen LogP contribution in [0.25, 0.3) is 5.69 Å². The summed E-state index contributed by atoms with van der Waals surface area (Å²) in [6, 6.07) is 7.34. The number of aliphatic carboxylic acids is 1. The van der Waals surface area contributed by atoms with Crippen LogP contribution in [0.5, 0.6) is 0 Å². The Labute approximate surface area is 151 Å². The quantitative estimate of drug-likeness (QED) is 0.872. The summed E-state index contributed by atoms with van der Waals surface area (Å²) in [4.78, 5) is 25.7. The van der Waals surface area contributed by atoms with E-state index in [1.807, 2.05) is 31.2 Å². The van der Waals surface area contributed by atoms with Crippen LogP contribution in [-0.2, 0) is 9.53 Å². The number of nitrogens with zero attached hydrogens (tertiary/aromatic N) is 4. The van der Waals surface area contributed by atoms with Crippen LogP contribution < -0.4 is 0 Å². The summed E-state index contributed by atoms with van der Waals surface area (Å²) in [6.45, 7) is 4.11. The molecule has 0 spiro atoms. The Balaban J connectivity index is 1.89. The van der Waals surface area contributed by atoms with Crippen molar-refractivity contribution in [2.24, 2.45) is 0 Å². The Morgan fingerprint density at radius 1 is 1.35 bits per heavy atom. The van der Waals surface area contributed by atoms with E-state index in [0.29, 0.717) is 18.7 Å². The molecule has 8 heteroatoms. The van der Waals surface area contributed by atoms with Crippen molar-refractivity contribution >= 4 is 11.9 Å². The van der Waals surface area contributed by atoms with E-state index in [-0.39, 0.29) is 24.1 Å². The summed E-state index contributed by atoms with van der Waals surface area (Å²) in [6.07, 6.45) is 0.214. The predicted octanol–water partition coefficient (Wildman–Crippen LogP) is 1.59. The van der Waals surface area contributed by atoms with Gasteiger partial charge < -0.3 is 14.7 Å². The molecule has 1 aromatic heterocycles. The van der Waals surface area contributed by atoms with Gasteiger partial charge in [0.1, 0.15) is 0 Å². The lowest BCUT2D eigenvalue weighted by Gasteiger charge is -2.22. The van der Waals surface area contributed by atoms with Crippen molar-refractivity contribution in [2.75, 3.05) is 13.7 Å². The second-order valence-electron chi connectivity index (χ2n) is 6.58. The third-order valence-electron chi connectivity index (χ3n) is 4.72. The number of amides is 1. The SMILES string of the molecule is COC1CC(CC(=O)O)N(C(=O)c2nnn(-c3cccc(C)c3)c2C)C1. The van der Waals surface area contributed by atoms with E-state index in [1.165, 1.54) is 0 Å². The third-order valence-corrected chi connectivity index (χ3v) is 4.72. The van der Waals surface area contributed by atoms with Gasteiger partial charge in [-0.25, -0.2) is 4.68 Å². The first kappa shape index (κ1) is 18.1. The molecule has 0 saturated carbocycles. The molecule has 1 amide bonds. The molecule has 0 radical (unpaired) electrons. The molecule has 1 aliphatic heterocycles. The smallest absolute Gasteiger partial charge is 0.305 e. The van der Waals surface area contributed by atoms with Gasteiger partial charge in [-0.1, -0.05) is 17.3 Å². The minimum atomic E-state index is -0.940. The number of likely N-dealkylation sites (tertiary alicyclic amines) is 1. The standard InChI is InChI=1S/C18H22N4O4/c1-11-5-4-6-13(7-11)22-12(2)17(19-20-22)18(25)21-10-15(26-3)8-14(21)9-16(23)24/h4-7,14-15H,8-10H2,1-3H3,(H,23,24). The zero-order valence-electron chi connectivity index (χ0n) is 15.0. The zero-order valence-corrected chi connectivity index (χ0v) is 15.0. The maximum atomic E-state index is 13.0. The van der Waals surface area contributed by atoms with Crippen LogP contribution in [0.15, 0.2) is 24.3 Å². The number of aromatic nitrogens is 3. The minimum Gasteiger partial charge on any atom is -0.481 e. The van der Waals surface area contributed by atoms with Gasteiger partial charge >= 0.3 is 5.97 Å². The van der Waals surface area contributed by atoms with Crippen molar-refractivity contribution in [3.05, 3.63) is 41.2 Å². The molecule has 2 heterocycles. The van der Waals surface area contributed by atoms with Gasteiger partial charge in [0.2, 0.25) is 0 Å². The summed E-state index contributed by atoms with van der Waals surface area (Å²) in [5.41, 5.74) is 2.76. The largest absolute Gasteiger partial charge is 0.481 e. The fraction of sp³-hybridized carbons (Fsp3) is 0.444. The highest BCUT2D eigenvalue weighted by Crippen LogP contribution is 2.25. The molecule has 2 unspecified atom stereocenters. The first-order valence-electron chi connectivity index (χ1n) is 8.45. The van der Waals surface area contributed by atoms with Gasteiger partial charge in [0.15, 0.2) is 5.69 Å². The Bertz CT molecular complexity index is 832. The van der Waals surface area contributed by atoms with Gasteiger partial charge in [0, 0.05) is 19.7 Å². The van der Waals surface area contributed by atoms with Crippen molar-refractivity contribution in [3.63, 3.8) is 0 Å². The normalized spacial score (nSPS) is 19.7. The van der Waals surface area contributed by atoms with Gasteiger partial charge in [-0.2, -0.15) is 0 Å². The van der Waals surface area contributed by atoms with Crippen molar-refractivity contribution < 1.29 is 19.4 Å². The Morgan fingerprint density at radius 3 is 2.77 bits per heavy atom. The first-order valence-corrected chi connectivity index (χ1v) is 8.45. The van der Waals surface area contributed by atoms with E-state index in [0.717, 1.165) is 11.3 Å². The summed E-state index contributed by atoms with van der Waals surface area (Å²) >= 11 is 0. The number of carbonyl (C=O) groups excluding carboxylic acids is 1. The topological polar surface area (TPSA) is 97.6 Å². The number of aryl methyl sites for hydroxylation is 1. The fourth-order valence-corrected chi connectivity index (χ4v) is 3.36. The van der Waals surface area contributed by atoms with Crippen LogP contribution in [0.4, 0.5) is 0 Å². The van der Waals surface area contributed by atoms with Crippen LogP contribution in [-0.4, -0.2) is 62.7 Å². The number of carboxylic acids is 1. The average molecular weight is 358 g/mol. The molecule has 0 bridgehead atoms. The number of methoxy groups -OCH3 is 1. The molecule has 2 atom stereocenters. The Morgan fingerprint density at radius 2 is 2.12 bits per heavy atom. The van der Waals surface area contributed by atoms with Gasteiger partial charge in [0.05, 0.1) is 23.9 Å². The van der Waals surface area contributed by atoms with Crippen LogP contribution in [0.1, 0.15) is 34.6 Å². The lowest BCUT2D eigenvalue weighted by Crippen LogP contribution is -2.38. The average Bonchev–Trinajstić information content (AvgIpc) is 3.17. The van der Waals surface area contributed by atoms with E-state index in [1.54, 1.807) is 23.6 Å². The maximum absolute atomic E-state index is 13.0. The van der Waals surface area contributed by atoms with E-state index in [2.05, 4.69) is 10.3 Å². The highest BCUT2D eigenvalue weighted by atomic mass is 16.5. The molecule has 1 aliphatic rings. The predicted molar refractivity (Wildman–Crippen MR) is 93.3 cm³/mol. The summed E-state index contributed by atoms with van der Waals surface area (Å²) < 4.78 is 6.95. The number of hydrogen-bond acceptors (Lipinski definition) is 5. The third kappa shape index (κ3) is 3.45. The molecule has 0 aliphatic carbocycles. The molecule has 1 aromatic carbocycles. The summed E-state index contributed by atoms with van der Waals surface area (Å²) in [5, 5.41) is 17.3. The summed E-state index contributed by atoms with van der Waals surface area (Å²) in [5.74, 6) is -1.25. The van der Waals surface area contributed by atoms with E-state index >= 15 is 0 Å². The van der Waals surface area contributed by atoms with Gasteiger partial charge in [0.25, 0.3) is 5.91 Å². The highest BCUT2D eigenvalue weighted by molar-refractivity contribution is 5.94.